The summed E-state index contributed by atoms with van der Waals surface area (Å²) in [6.45, 7) is 2.32. The molecule has 0 radical (unpaired) electrons. The molecule has 7 heteroatoms. The van der Waals surface area contributed by atoms with Crippen LogP contribution >= 0.6 is 23.2 Å². The van der Waals surface area contributed by atoms with Crippen LogP contribution in [-0.4, -0.2) is 22.8 Å². The standard InChI is InChI=1S/C27H27Cl2FN2O2/c1-2-6-26(33)32(18-20-9-13-23(30)14-10-20)25(15-19-7-4-3-5-8-19)27(34)31-17-21-11-12-22(28)16-24(21)29/h3-5,7-14,16,25H,2,6,15,17-18H2,1H3,(H,31,34). The molecule has 0 bridgehead atoms. The van der Waals surface area contributed by atoms with Crippen LogP contribution in [0, 0.1) is 5.82 Å². The summed E-state index contributed by atoms with van der Waals surface area (Å²) in [4.78, 5) is 28.2. The Morgan fingerprint density at radius 1 is 0.971 bits per heavy atom. The molecular weight excluding hydrogens is 474 g/mol. The summed E-state index contributed by atoms with van der Waals surface area (Å²) in [5, 5.41) is 3.90. The Balaban J connectivity index is 1.88. The molecule has 0 saturated carbocycles. The van der Waals surface area contributed by atoms with Gasteiger partial charge in [-0.3, -0.25) is 9.59 Å². The van der Waals surface area contributed by atoms with E-state index in [0.29, 0.717) is 29.3 Å². The first-order chi connectivity index (χ1) is 16.4. The number of hydrogen-bond donors (Lipinski definition) is 1. The lowest BCUT2D eigenvalue weighted by Crippen LogP contribution is -2.50. The Morgan fingerprint density at radius 3 is 2.32 bits per heavy atom. The van der Waals surface area contributed by atoms with Crippen molar-refractivity contribution in [3.8, 4) is 0 Å². The second kappa shape index (κ2) is 12.5. The van der Waals surface area contributed by atoms with Crippen LogP contribution in [0.25, 0.3) is 0 Å². The van der Waals surface area contributed by atoms with Gasteiger partial charge in [-0.15, -0.1) is 0 Å². The van der Waals surface area contributed by atoms with E-state index in [0.717, 1.165) is 16.7 Å². The van der Waals surface area contributed by atoms with Crippen LogP contribution in [0.1, 0.15) is 36.5 Å². The van der Waals surface area contributed by atoms with Crippen LogP contribution in [0.5, 0.6) is 0 Å². The van der Waals surface area contributed by atoms with Gasteiger partial charge in [0.15, 0.2) is 0 Å². The number of rotatable bonds is 10. The van der Waals surface area contributed by atoms with Crippen molar-refractivity contribution < 1.29 is 14.0 Å². The highest BCUT2D eigenvalue weighted by Gasteiger charge is 2.30. The average Bonchev–Trinajstić information content (AvgIpc) is 2.82. The predicted octanol–water partition coefficient (Wildman–Crippen LogP) is 6.19. The zero-order valence-corrected chi connectivity index (χ0v) is 20.5. The smallest absolute Gasteiger partial charge is 0.243 e. The third kappa shape index (κ3) is 7.31. The summed E-state index contributed by atoms with van der Waals surface area (Å²) in [6, 6.07) is 19.9. The van der Waals surface area contributed by atoms with Crippen LogP contribution in [0.4, 0.5) is 4.39 Å². The number of nitrogens with zero attached hydrogens (tertiary/aromatic N) is 1. The van der Waals surface area contributed by atoms with Crippen LogP contribution in [0.2, 0.25) is 10.0 Å². The van der Waals surface area contributed by atoms with Gasteiger partial charge in [-0.1, -0.05) is 78.7 Å². The number of amides is 2. The van der Waals surface area contributed by atoms with E-state index in [1.54, 1.807) is 35.2 Å². The summed E-state index contributed by atoms with van der Waals surface area (Å²) < 4.78 is 13.4. The number of hydrogen-bond acceptors (Lipinski definition) is 2. The molecule has 0 aliphatic heterocycles. The van der Waals surface area contributed by atoms with Gasteiger partial charge in [0.2, 0.25) is 11.8 Å². The molecule has 0 fully saturated rings. The fourth-order valence-corrected chi connectivity index (χ4v) is 4.14. The first kappa shape index (κ1) is 25.7. The van der Waals surface area contributed by atoms with E-state index in [4.69, 9.17) is 23.2 Å². The molecule has 3 aromatic rings. The largest absolute Gasteiger partial charge is 0.350 e. The molecule has 2 amide bonds. The predicted molar refractivity (Wildman–Crippen MR) is 134 cm³/mol. The first-order valence-electron chi connectivity index (χ1n) is 11.2. The lowest BCUT2D eigenvalue weighted by molar-refractivity contribution is -0.141. The SMILES string of the molecule is CCCC(=O)N(Cc1ccc(F)cc1)C(Cc1ccccc1)C(=O)NCc1ccc(Cl)cc1Cl. The molecule has 1 atom stereocenters. The van der Waals surface area contributed by atoms with E-state index in [1.807, 2.05) is 37.3 Å². The molecule has 1 N–H and O–H groups in total. The molecule has 3 aromatic carbocycles. The quantitative estimate of drug-likeness (QED) is 0.360. The van der Waals surface area contributed by atoms with Gasteiger partial charge in [0.05, 0.1) is 0 Å². The maximum atomic E-state index is 13.5. The van der Waals surface area contributed by atoms with Gasteiger partial charge in [-0.25, -0.2) is 4.39 Å². The third-order valence-corrected chi connectivity index (χ3v) is 6.06. The van der Waals surface area contributed by atoms with Crippen molar-refractivity contribution in [1.82, 2.24) is 10.2 Å². The van der Waals surface area contributed by atoms with Crippen molar-refractivity contribution in [2.45, 2.75) is 45.3 Å². The van der Waals surface area contributed by atoms with Crippen LogP contribution in [0.3, 0.4) is 0 Å². The van der Waals surface area contributed by atoms with E-state index in [1.165, 1.54) is 12.1 Å². The first-order valence-corrected chi connectivity index (χ1v) is 11.9. The molecule has 1 unspecified atom stereocenters. The van der Waals surface area contributed by atoms with E-state index in [-0.39, 0.29) is 30.7 Å². The minimum atomic E-state index is -0.752. The minimum Gasteiger partial charge on any atom is -0.350 e. The maximum Gasteiger partial charge on any atom is 0.243 e. The van der Waals surface area contributed by atoms with Crippen molar-refractivity contribution >= 4 is 35.0 Å². The molecule has 0 aliphatic rings. The normalized spacial score (nSPS) is 11.6. The van der Waals surface area contributed by atoms with E-state index in [9.17, 15) is 14.0 Å². The molecule has 0 aromatic heterocycles. The Kier molecular flexibility index (Phi) is 9.49. The molecule has 0 spiro atoms. The van der Waals surface area contributed by atoms with Crippen LogP contribution in [0.15, 0.2) is 72.8 Å². The van der Waals surface area contributed by atoms with Crippen molar-refractivity contribution in [2.24, 2.45) is 0 Å². The Hall–Kier alpha value is -2.89. The maximum absolute atomic E-state index is 13.5. The molecule has 0 saturated heterocycles. The zero-order chi connectivity index (χ0) is 24.5. The second-order valence-corrected chi connectivity index (χ2v) is 8.90. The molecule has 34 heavy (non-hydrogen) atoms. The number of benzene rings is 3. The topological polar surface area (TPSA) is 49.4 Å². The van der Waals surface area contributed by atoms with Crippen molar-refractivity contribution in [3.63, 3.8) is 0 Å². The molecule has 4 nitrogen and oxygen atoms in total. The number of carbonyl (C=O) groups excluding carboxylic acids is 2. The molecule has 178 valence electrons. The number of nitrogens with one attached hydrogen (secondary N) is 1. The van der Waals surface area contributed by atoms with Crippen LogP contribution in [-0.2, 0) is 29.1 Å². The fraction of sp³-hybridized carbons (Fsp3) is 0.259. The fourth-order valence-electron chi connectivity index (χ4n) is 3.66. The van der Waals surface area contributed by atoms with Crippen molar-refractivity contribution in [1.29, 1.82) is 0 Å². The summed E-state index contributed by atoms with van der Waals surface area (Å²) in [7, 11) is 0. The summed E-state index contributed by atoms with van der Waals surface area (Å²) in [5.41, 5.74) is 2.40. The van der Waals surface area contributed by atoms with Gasteiger partial charge < -0.3 is 10.2 Å². The van der Waals surface area contributed by atoms with Gasteiger partial charge in [0, 0.05) is 36.0 Å². The number of carbonyl (C=O) groups is 2. The van der Waals surface area contributed by atoms with Gasteiger partial charge in [0.25, 0.3) is 0 Å². The molecule has 0 heterocycles. The lowest BCUT2D eigenvalue weighted by atomic mass is 10.0. The van der Waals surface area contributed by atoms with Crippen molar-refractivity contribution in [3.05, 3.63) is 105 Å². The molecule has 0 aliphatic carbocycles. The highest BCUT2D eigenvalue weighted by atomic mass is 35.5. The van der Waals surface area contributed by atoms with E-state index >= 15 is 0 Å². The van der Waals surface area contributed by atoms with Gasteiger partial charge in [0.1, 0.15) is 11.9 Å². The van der Waals surface area contributed by atoms with Gasteiger partial charge in [-0.05, 0) is 47.4 Å². The Morgan fingerprint density at radius 2 is 1.68 bits per heavy atom. The van der Waals surface area contributed by atoms with Crippen LogP contribution < -0.4 is 5.32 Å². The van der Waals surface area contributed by atoms with E-state index < -0.39 is 6.04 Å². The van der Waals surface area contributed by atoms with Crippen molar-refractivity contribution in [2.75, 3.05) is 0 Å². The molecule has 3 rings (SSSR count). The highest BCUT2D eigenvalue weighted by molar-refractivity contribution is 6.35. The number of halogens is 3. The zero-order valence-electron chi connectivity index (χ0n) is 18.9. The van der Waals surface area contributed by atoms with Gasteiger partial charge in [-0.2, -0.15) is 0 Å². The van der Waals surface area contributed by atoms with E-state index in [2.05, 4.69) is 5.32 Å². The Bertz CT molecular complexity index is 1110. The molecular formula is C27H27Cl2FN2O2. The van der Waals surface area contributed by atoms with Gasteiger partial charge >= 0.3 is 0 Å². The second-order valence-electron chi connectivity index (χ2n) is 8.06. The Labute approximate surface area is 209 Å². The summed E-state index contributed by atoms with van der Waals surface area (Å²) >= 11 is 12.2. The third-order valence-electron chi connectivity index (χ3n) is 5.47. The average molecular weight is 501 g/mol. The lowest BCUT2D eigenvalue weighted by Gasteiger charge is -2.31. The minimum absolute atomic E-state index is 0.132. The summed E-state index contributed by atoms with van der Waals surface area (Å²) in [5.74, 6) is -0.775. The highest BCUT2D eigenvalue weighted by Crippen LogP contribution is 2.21. The summed E-state index contributed by atoms with van der Waals surface area (Å²) in [6.07, 6.45) is 1.30. The monoisotopic (exact) mass is 500 g/mol.